The second kappa shape index (κ2) is 9.89. The third kappa shape index (κ3) is 4.84. The zero-order valence-corrected chi connectivity index (χ0v) is 20.7. The van der Waals surface area contributed by atoms with Gasteiger partial charge in [-0.1, -0.05) is 42.3 Å². The van der Waals surface area contributed by atoms with Crippen LogP contribution in [0.15, 0.2) is 54.6 Å². The molecule has 4 aromatic rings. The monoisotopic (exact) mass is 486 g/mol. The summed E-state index contributed by atoms with van der Waals surface area (Å²) in [7, 11) is 1.65. The first kappa shape index (κ1) is 23.7. The number of anilines is 1. The highest BCUT2D eigenvalue weighted by Crippen LogP contribution is 2.36. The van der Waals surface area contributed by atoms with E-state index in [0.29, 0.717) is 23.8 Å². The SMILES string of the molecule is COc1ccc(Cn2c(-c3cccc(C)c3)cc3nc(OC(=O)O)nc(N[C@H](C)C4CCC4)c32)cc1. The molecule has 8 nitrogen and oxygen atoms in total. The number of methoxy groups -OCH3 is 1. The second-order valence-corrected chi connectivity index (χ2v) is 9.41. The molecule has 0 spiro atoms. The van der Waals surface area contributed by atoms with Crippen LogP contribution in [0.25, 0.3) is 22.3 Å². The number of carbonyl (C=O) groups is 1. The summed E-state index contributed by atoms with van der Waals surface area (Å²) < 4.78 is 12.4. The lowest BCUT2D eigenvalue weighted by atomic mass is 9.80. The number of hydrogen-bond donors (Lipinski definition) is 2. The minimum absolute atomic E-state index is 0.182. The summed E-state index contributed by atoms with van der Waals surface area (Å²) in [5, 5.41) is 12.8. The van der Waals surface area contributed by atoms with Crippen molar-refractivity contribution in [3.05, 3.63) is 65.7 Å². The third-order valence-electron chi connectivity index (χ3n) is 6.94. The maximum atomic E-state index is 11.3. The summed E-state index contributed by atoms with van der Waals surface area (Å²) in [4.78, 5) is 20.3. The van der Waals surface area contributed by atoms with Crippen LogP contribution in [-0.4, -0.2) is 38.9 Å². The highest BCUT2D eigenvalue weighted by molar-refractivity contribution is 5.92. The number of aromatic nitrogens is 3. The van der Waals surface area contributed by atoms with Gasteiger partial charge in [0, 0.05) is 12.6 Å². The van der Waals surface area contributed by atoms with E-state index in [1.807, 2.05) is 36.4 Å². The molecule has 0 aliphatic heterocycles. The van der Waals surface area contributed by atoms with Crippen LogP contribution in [0.1, 0.15) is 37.3 Å². The van der Waals surface area contributed by atoms with Gasteiger partial charge in [0.1, 0.15) is 11.3 Å². The van der Waals surface area contributed by atoms with E-state index in [9.17, 15) is 9.90 Å². The predicted molar refractivity (Wildman–Crippen MR) is 139 cm³/mol. The van der Waals surface area contributed by atoms with Crippen LogP contribution in [0.2, 0.25) is 0 Å². The van der Waals surface area contributed by atoms with E-state index in [2.05, 4.69) is 51.9 Å². The quantitative estimate of drug-likeness (QED) is 0.289. The van der Waals surface area contributed by atoms with E-state index in [0.717, 1.165) is 33.7 Å². The van der Waals surface area contributed by atoms with Crippen LogP contribution in [0.3, 0.4) is 0 Å². The molecule has 1 fully saturated rings. The normalized spacial score (nSPS) is 14.3. The fourth-order valence-corrected chi connectivity index (χ4v) is 4.76. The summed E-state index contributed by atoms with van der Waals surface area (Å²) in [5.41, 5.74) is 5.67. The van der Waals surface area contributed by atoms with Crippen molar-refractivity contribution in [1.29, 1.82) is 0 Å². The Hall–Kier alpha value is -4.07. The van der Waals surface area contributed by atoms with Gasteiger partial charge in [-0.05, 0) is 68.0 Å². The highest BCUT2D eigenvalue weighted by Gasteiger charge is 2.26. The van der Waals surface area contributed by atoms with Crippen molar-refractivity contribution in [2.45, 2.75) is 45.7 Å². The molecule has 1 aliphatic carbocycles. The van der Waals surface area contributed by atoms with Gasteiger partial charge in [0.2, 0.25) is 0 Å². The molecule has 0 unspecified atom stereocenters. The van der Waals surface area contributed by atoms with Crippen molar-refractivity contribution in [3.8, 4) is 23.0 Å². The molecule has 5 rings (SSSR count). The third-order valence-corrected chi connectivity index (χ3v) is 6.94. The van der Waals surface area contributed by atoms with E-state index >= 15 is 0 Å². The largest absolute Gasteiger partial charge is 0.513 e. The molecule has 1 atom stereocenters. The van der Waals surface area contributed by atoms with Crippen molar-refractivity contribution in [2.75, 3.05) is 12.4 Å². The predicted octanol–water partition coefficient (Wildman–Crippen LogP) is 6.12. The number of aryl methyl sites for hydroxylation is 1. The zero-order chi connectivity index (χ0) is 25.2. The van der Waals surface area contributed by atoms with Crippen LogP contribution in [0.4, 0.5) is 10.6 Å². The van der Waals surface area contributed by atoms with Gasteiger partial charge in [-0.3, -0.25) is 0 Å². The number of fused-ring (bicyclic) bond motifs is 1. The van der Waals surface area contributed by atoms with E-state index in [4.69, 9.17) is 9.47 Å². The van der Waals surface area contributed by atoms with Gasteiger partial charge in [-0.15, -0.1) is 0 Å². The molecular weight excluding hydrogens is 456 g/mol. The Bertz CT molecular complexity index is 1390. The van der Waals surface area contributed by atoms with E-state index < -0.39 is 6.16 Å². The van der Waals surface area contributed by atoms with Crippen LogP contribution in [0.5, 0.6) is 11.8 Å². The summed E-state index contributed by atoms with van der Waals surface area (Å²) in [6.45, 7) is 4.78. The molecule has 2 aromatic heterocycles. The molecule has 8 heteroatoms. The van der Waals surface area contributed by atoms with Crippen molar-refractivity contribution >= 4 is 23.0 Å². The average molecular weight is 487 g/mol. The van der Waals surface area contributed by atoms with Crippen molar-refractivity contribution < 1.29 is 19.4 Å². The lowest BCUT2D eigenvalue weighted by Gasteiger charge is -2.32. The topological polar surface area (TPSA) is 98.5 Å². The Balaban J connectivity index is 1.68. The van der Waals surface area contributed by atoms with Crippen molar-refractivity contribution in [3.63, 3.8) is 0 Å². The summed E-state index contributed by atoms with van der Waals surface area (Å²) in [6.07, 6.45) is 2.13. The second-order valence-electron chi connectivity index (χ2n) is 9.41. The lowest BCUT2D eigenvalue weighted by molar-refractivity contribution is 0.140. The molecule has 1 saturated carbocycles. The van der Waals surface area contributed by atoms with Crippen LogP contribution in [-0.2, 0) is 6.54 Å². The smallest absolute Gasteiger partial charge is 0.497 e. The minimum atomic E-state index is -1.44. The van der Waals surface area contributed by atoms with Crippen LogP contribution < -0.4 is 14.8 Å². The van der Waals surface area contributed by atoms with Crippen LogP contribution >= 0.6 is 0 Å². The minimum Gasteiger partial charge on any atom is -0.497 e. The molecule has 2 aromatic carbocycles. The van der Waals surface area contributed by atoms with Gasteiger partial charge in [-0.25, -0.2) is 4.79 Å². The van der Waals surface area contributed by atoms with Gasteiger partial charge in [0.25, 0.3) is 0 Å². The number of benzene rings is 2. The molecule has 0 saturated heterocycles. The molecule has 0 radical (unpaired) electrons. The van der Waals surface area contributed by atoms with Crippen molar-refractivity contribution in [2.24, 2.45) is 5.92 Å². The number of carboxylic acid groups (broad SMARTS) is 1. The van der Waals surface area contributed by atoms with Gasteiger partial charge >= 0.3 is 12.2 Å². The molecule has 36 heavy (non-hydrogen) atoms. The average Bonchev–Trinajstić information content (AvgIpc) is 3.16. The fourth-order valence-electron chi connectivity index (χ4n) is 4.76. The van der Waals surface area contributed by atoms with Gasteiger partial charge in [-0.2, -0.15) is 9.97 Å². The lowest BCUT2D eigenvalue weighted by Crippen LogP contribution is -2.31. The molecular formula is C28H30N4O4. The zero-order valence-electron chi connectivity index (χ0n) is 20.7. The molecule has 1 aliphatic rings. The Morgan fingerprint density at radius 3 is 2.58 bits per heavy atom. The number of nitrogens with zero attached hydrogens (tertiary/aromatic N) is 3. The first-order chi connectivity index (χ1) is 17.4. The number of nitrogens with one attached hydrogen (secondary N) is 1. The Labute approximate surface area is 209 Å². The van der Waals surface area contributed by atoms with Crippen LogP contribution in [0, 0.1) is 12.8 Å². The van der Waals surface area contributed by atoms with Gasteiger partial charge in [0.05, 0.1) is 18.3 Å². The maximum Gasteiger partial charge on any atom is 0.513 e. The first-order valence-corrected chi connectivity index (χ1v) is 12.2. The van der Waals surface area contributed by atoms with Gasteiger partial charge in [0.15, 0.2) is 5.82 Å². The molecule has 2 N–H and O–H groups in total. The standard InChI is InChI=1S/C28H30N4O4/c1-17-6-4-9-21(14-17)24-15-23-25(32(24)16-19-10-12-22(35-3)13-11-19)26(29-18(2)20-7-5-8-20)31-27(30-23)36-28(33)34/h4,6,9-15,18,20H,5,7-8,16H2,1-3H3,(H,33,34)(H,29,30,31)/t18-/m1/s1. The summed E-state index contributed by atoms with van der Waals surface area (Å²) in [6, 6.07) is 18.2. The van der Waals surface area contributed by atoms with Gasteiger partial charge < -0.3 is 24.5 Å². The van der Waals surface area contributed by atoms with E-state index in [1.54, 1.807) is 7.11 Å². The molecule has 0 amide bonds. The first-order valence-electron chi connectivity index (χ1n) is 12.2. The maximum absolute atomic E-state index is 11.3. The van der Waals surface area contributed by atoms with Crippen molar-refractivity contribution in [1.82, 2.24) is 14.5 Å². The fraction of sp³-hybridized carbons (Fsp3) is 0.321. The Kier molecular flexibility index (Phi) is 6.50. The molecule has 0 bridgehead atoms. The number of rotatable bonds is 8. The molecule has 2 heterocycles. The highest BCUT2D eigenvalue weighted by atomic mass is 16.7. The summed E-state index contributed by atoms with van der Waals surface area (Å²) in [5.74, 6) is 1.92. The van der Waals surface area contributed by atoms with E-state index in [1.165, 1.54) is 19.3 Å². The Morgan fingerprint density at radius 2 is 1.94 bits per heavy atom. The summed E-state index contributed by atoms with van der Waals surface area (Å²) >= 11 is 0. The number of hydrogen-bond acceptors (Lipinski definition) is 6. The van der Waals surface area contributed by atoms with E-state index in [-0.39, 0.29) is 12.1 Å². The Morgan fingerprint density at radius 1 is 1.17 bits per heavy atom. The number of ether oxygens (including phenoxy) is 2. The molecule has 186 valence electrons.